The lowest BCUT2D eigenvalue weighted by atomic mass is 10.1. The molecular weight excluding hydrogens is 390 g/mol. The first-order valence-electron chi connectivity index (χ1n) is 10.9. The molecule has 0 aromatic rings. The summed E-state index contributed by atoms with van der Waals surface area (Å²) < 4.78 is 4.94. The molecule has 0 bridgehead atoms. The third-order valence-corrected chi connectivity index (χ3v) is 5.58. The minimum atomic E-state index is -1.06. The van der Waals surface area contributed by atoms with Crippen LogP contribution in [0.25, 0.3) is 0 Å². The number of fused-ring (bicyclic) bond motifs is 1. The summed E-state index contributed by atoms with van der Waals surface area (Å²) in [5, 5.41) is 20.1. The molecule has 0 aromatic carbocycles. The largest absolute Gasteiger partial charge is 0.480 e. The Bertz CT molecular complexity index is 627. The van der Waals surface area contributed by atoms with Crippen molar-refractivity contribution in [3.63, 3.8) is 0 Å². The number of hydrogen-bond acceptors (Lipinski definition) is 6. The number of carboxylic acids is 1. The molecule has 2 aliphatic rings. The van der Waals surface area contributed by atoms with Crippen molar-refractivity contribution < 1.29 is 24.2 Å². The Morgan fingerprint density at radius 2 is 1.90 bits per heavy atom. The molecule has 2 amide bonds. The first-order valence-corrected chi connectivity index (χ1v) is 10.9. The zero-order valence-corrected chi connectivity index (χ0v) is 17.9. The normalized spacial score (nSPS) is 24.7. The fourth-order valence-electron chi connectivity index (χ4n) is 3.99. The second kappa shape index (κ2) is 12.4. The van der Waals surface area contributed by atoms with Gasteiger partial charge in [-0.3, -0.25) is 19.9 Å². The maximum absolute atomic E-state index is 12.2. The molecule has 2 fully saturated rings. The Morgan fingerprint density at radius 3 is 2.60 bits per heavy atom. The first-order chi connectivity index (χ1) is 14.5. The lowest BCUT2D eigenvalue weighted by Gasteiger charge is -2.15. The maximum atomic E-state index is 12.2. The van der Waals surface area contributed by atoms with Crippen molar-refractivity contribution in [2.24, 2.45) is 22.7 Å². The number of hydrogen-bond donors (Lipinski definition) is 5. The molecule has 1 aliphatic carbocycles. The highest BCUT2D eigenvalue weighted by Gasteiger charge is 2.59. The second-order valence-electron chi connectivity index (χ2n) is 7.78. The fourth-order valence-corrected chi connectivity index (χ4v) is 3.99. The Hall–Kier alpha value is -2.36. The topological polar surface area (TPSA) is 141 Å². The molecule has 0 spiro atoms. The number of rotatable bonds is 12. The summed E-state index contributed by atoms with van der Waals surface area (Å²) in [5.41, 5.74) is 0. The van der Waals surface area contributed by atoms with E-state index in [9.17, 15) is 14.4 Å². The van der Waals surface area contributed by atoms with E-state index >= 15 is 0 Å². The van der Waals surface area contributed by atoms with Gasteiger partial charge in [0, 0.05) is 13.1 Å². The minimum absolute atomic E-state index is 0.139. The maximum Gasteiger partial charge on any atom is 0.413 e. The van der Waals surface area contributed by atoms with Crippen molar-refractivity contribution in [1.82, 2.24) is 21.3 Å². The Labute approximate surface area is 177 Å². The summed E-state index contributed by atoms with van der Waals surface area (Å²) in [4.78, 5) is 39.1. The molecule has 4 atom stereocenters. The Kier molecular flexibility index (Phi) is 9.85. The van der Waals surface area contributed by atoms with Gasteiger partial charge in [0.05, 0.1) is 12.6 Å². The molecule has 0 radical (unpaired) electrons. The quantitative estimate of drug-likeness (QED) is 0.176. The van der Waals surface area contributed by atoms with Gasteiger partial charge in [-0.1, -0.05) is 32.6 Å². The van der Waals surface area contributed by atoms with E-state index in [0.29, 0.717) is 31.5 Å². The molecule has 1 aliphatic heterocycles. The molecule has 10 nitrogen and oxygen atoms in total. The van der Waals surface area contributed by atoms with Gasteiger partial charge < -0.3 is 25.8 Å². The van der Waals surface area contributed by atoms with Crippen LogP contribution >= 0.6 is 0 Å². The van der Waals surface area contributed by atoms with Crippen LogP contribution in [0.3, 0.4) is 0 Å². The zero-order chi connectivity index (χ0) is 21.9. The van der Waals surface area contributed by atoms with Crippen LogP contribution < -0.4 is 21.3 Å². The highest BCUT2D eigenvalue weighted by Crippen LogP contribution is 2.52. The number of carboxylic acid groups (broad SMARTS) is 1. The van der Waals surface area contributed by atoms with Crippen molar-refractivity contribution in [3.05, 3.63) is 0 Å². The molecule has 10 heteroatoms. The van der Waals surface area contributed by atoms with Crippen molar-refractivity contribution in [2.75, 3.05) is 32.8 Å². The van der Waals surface area contributed by atoms with Crippen molar-refractivity contribution in [1.29, 1.82) is 0 Å². The standard InChI is InChI=1S/C20H35N5O5/c1-3-5-6-7-8-9-21-19(25-20(29)30-4-2)24-11-14-13-10-22-17(16(13)14)18(28)23-12-15(26)27/h13-14,16-17,22H,3-12H2,1-2H3,(H,23,28)(H,26,27)(H2,21,24,25,29)/t13-,14-,16-,17+/m1/s1. The van der Waals surface area contributed by atoms with Crippen molar-refractivity contribution >= 4 is 23.9 Å². The average molecular weight is 426 g/mol. The van der Waals surface area contributed by atoms with E-state index in [1.165, 1.54) is 19.3 Å². The first kappa shape index (κ1) is 23.9. The predicted octanol–water partition coefficient (Wildman–Crippen LogP) is 0.683. The van der Waals surface area contributed by atoms with Crippen LogP contribution in [0.5, 0.6) is 0 Å². The zero-order valence-electron chi connectivity index (χ0n) is 17.9. The van der Waals surface area contributed by atoms with Gasteiger partial charge in [0.1, 0.15) is 6.54 Å². The van der Waals surface area contributed by atoms with Gasteiger partial charge in [-0.15, -0.1) is 0 Å². The number of nitrogens with zero attached hydrogens (tertiary/aromatic N) is 1. The lowest BCUT2D eigenvalue weighted by Crippen LogP contribution is -2.45. The summed E-state index contributed by atoms with van der Waals surface area (Å²) in [6.45, 7) is 5.73. The lowest BCUT2D eigenvalue weighted by molar-refractivity contribution is -0.138. The molecule has 2 rings (SSSR count). The number of aliphatic imine (C=N–C) groups is 1. The number of aliphatic carboxylic acids is 1. The van der Waals surface area contributed by atoms with E-state index in [1.54, 1.807) is 6.92 Å². The van der Waals surface area contributed by atoms with Gasteiger partial charge in [0.2, 0.25) is 11.9 Å². The molecular formula is C20H35N5O5. The molecule has 1 heterocycles. The summed E-state index contributed by atoms with van der Waals surface area (Å²) in [6, 6.07) is -0.387. The van der Waals surface area contributed by atoms with E-state index in [-0.39, 0.29) is 36.9 Å². The molecule has 170 valence electrons. The van der Waals surface area contributed by atoms with Crippen LogP contribution in [0, 0.1) is 17.8 Å². The number of amides is 2. The summed E-state index contributed by atoms with van der Waals surface area (Å²) >= 11 is 0. The van der Waals surface area contributed by atoms with E-state index in [0.717, 1.165) is 12.8 Å². The Morgan fingerprint density at radius 1 is 1.13 bits per heavy atom. The third-order valence-electron chi connectivity index (χ3n) is 5.58. The van der Waals surface area contributed by atoms with Crippen molar-refractivity contribution in [3.8, 4) is 0 Å². The number of alkyl carbamates (subject to hydrolysis) is 1. The molecule has 0 unspecified atom stereocenters. The average Bonchev–Trinajstić information content (AvgIpc) is 3.20. The van der Waals surface area contributed by atoms with Gasteiger partial charge in [-0.2, -0.15) is 0 Å². The number of ether oxygens (including phenoxy) is 1. The monoisotopic (exact) mass is 425 g/mol. The van der Waals surface area contributed by atoms with Gasteiger partial charge in [-0.05, 0) is 37.6 Å². The van der Waals surface area contributed by atoms with Crippen LogP contribution in [0.15, 0.2) is 4.99 Å². The van der Waals surface area contributed by atoms with Crippen LogP contribution in [0.4, 0.5) is 4.79 Å². The van der Waals surface area contributed by atoms with Gasteiger partial charge >= 0.3 is 12.1 Å². The SMILES string of the molecule is CCCCCCCNC(=NC[C@@H]1[C@H]2CN[C@H](C(=O)NCC(=O)O)[C@@H]12)NC(=O)OCC. The van der Waals surface area contributed by atoms with Gasteiger partial charge in [0.25, 0.3) is 0 Å². The van der Waals surface area contributed by atoms with Gasteiger partial charge in [0.15, 0.2) is 0 Å². The number of carbonyl (C=O) groups excluding carboxylic acids is 2. The summed E-state index contributed by atoms with van der Waals surface area (Å²) in [5.74, 6) is -0.240. The Balaban J connectivity index is 1.83. The van der Waals surface area contributed by atoms with Crippen molar-refractivity contribution in [2.45, 2.75) is 52.0 Å². The number of unbranched alkanes of at least 4 members (excludes halogenated alkanes) is 4. The van der Waals surface area contributed by atoms with E-state index in [1.807, 2.05) is 0 Å². The second-order valence-corrected chi connectivity index (χ2v) is 7.78. The minimum Gasteiger partial charge on any atom is -0.480 e. The van der Waals surface area contributed by atoms with Crippen LogP contribution in [-0.4, -0.2) is 67.9 Å². The van der Waals surface area contributed by atoms with Gasteiger partial charge in [-0.25, -0.2) is 4.79 Å². The summed E-state index contributed by atoms with van der Waals surface area (Å²) in [6.07, 6.45) is 5.19. The smallest absolute Gasteiger partial charge is 0.413 e. The predicted molar refractivity (Wildman–Crippen MR) is 112 cm³/mol. The van der Waals surface area contributed by atoms with E-state index in [2.05, 4.69) is 33.2 Å². The molecule has 5 N–H and O–H groups in total. The molecule has 30 heavy (non-hydrogen) atoms. The van der Waals surface area contributed by atoms with Crippen LogP contribution in [0.1, 0.15) is 46.0 Å². The number of piperidine rings is 1. The highest BCUT2D eigenvalue weighted by molar-refractivity contribution is 5.94. The number of nitrogens with one attached hydrogen (secondary N) is 4. The molecule has 0 aromatic heterocycles. The third kappa shape index (κ3) is 7.47. The van der Waals surface area contributed by atoms with E-state index in [4.69, 9.17) is 9.84 Å². The van der Waals surface area contributed by atoms with Crippen LogP contribution in [0.2, 0.25) is 0 Å². The fraction of sp³-hybridized carbons (Fsp3) is 0.800. The van der Waals surface area contributed by atoms with E-state index < -0.39 is 12.1 Å². The number of carbonyl (C=O) groups is 3. The van der Waals surface area contributed by atoms with Crippen LogP contribution in [-0.2, 0) is 14.3 Å². The highest BCUT2D eigenvalue weighted by atomic mass is 16.5. The molecule has 1 saturated heterocycles. The molecule has 1 saturated carbocycles. The summed E-state index contributed by atoms with van der Waals surface area (Å²) in [7, 11) is 0. The number of guanidine groups is 1.